The van der Waals surface area contributed by atoms with Crippen molar-refractivity contribution >= 4 is 12.1 Å². The highest BCUT2D eigenvalue weighted by Crippen LogP contribution is 2.16. The van der Waals surface area contributed by atoms with Gasteiger partial charge in [-0.05, 0) is 25.0 Å². The monoisotopic (exact) mass is 206 g/mol. The Hall–Kier alpha value is -1.38. The van der Waals surface area contributed by atoms with E-state index in [1.807, 2.05) is 20.0 Å². The molecule has 0 aromatic carbocycles. The average molecular weight is 206 g/mol. The number of hydrogen-bond donors (Lipinski definition) is 0. The molecular weight excluding hydrogens is 188 g/mol. The molecular formula is C12H18N2O. The Labute approximate surface area is 91.1 Å². The zero-order valence-corrected chi connectivity index (χ0v) is 9.66. The Kier molecular flexibility index (Phi) is 4.28. The van der Waals surface area contributed by atoms with Gasteiger partial charge in [0.05, 0.1) is 0 Å². The van der Waals surface area contributed by atoms with E-state index in [0.29, 0.717) is 5.56 Å². The molecule has 0 aliphatic carbocycles. The standard InChI is InChI=1S/C12H18N2O/c1-4-5-6-14(3)12-10(2)7-11(9-15)8-13-12/h7-9H,4-6H2,1-3H3. The highest BCUT2D eigenvalue weighted by molar-refractivity contribution is 5.75. The predicted octanol–water partition coefficient (Wildman–Crippen LogP) is 2.44. The van der Waals surface area contributed by atoms with E-state index in [2.05, 4.69) is 16.8 Å². The van der Waals surface area contributed by atoms with Crippen LogP contribution in [0.5, 0.6) is 0 Å². The molecule has 0 unspecified atom stereocenters. The molecule has 0 aliphatic rings. The van der Waals surface area contributed by atoms with Crippen LogP contribution in [-0.4, -0.2) is 24.9 Å². The number of carbonyl (C=O) groups is 1. The topological polar surface area (TPSA) is 33.2 Å². The zero-order chi connectivity index (χ0) is 11.3. The molecule has 0 saturated heterocycles. The minimum absolute atomic E-state index is 0.639. The Morgan fingerprint density at radius 1 is 1.53 bits per heavy atom. The number of rotatable bonds is 5. The molecule has 0 atom stereocenters. The van der Waals surface area contributed by atoms with Crippen LogP contribution in [0.25, 0.3) is 0 Å². The summed E-state index contributed by atoms with van der Waals surface area (Å²) >= 11 is 0. The Bertz CT molecular complexity index is 336. The molecule has 0 fully saturated rings. The number of carbonyl (C=O) groups excluding carboxylic acids is 1. The molecule has 0 spiro atoms. The number of aromatic nitrogens is 1. The third-order valence-corrected chi connectivity index (χ3v) is 2.42. The molecule has 0 N–H and O–H groups in total. The van der Waals surface area contributed by atoms with Crippen molar-refractivity contribution in [3.05, 3.63) is 23.4 Å². The Morgan fingerprint density at radius 2 is 2.27 bits per heavy atom. The van der Waals surface area contributed by atoms with Crippen LogP contribution >= 0.6 is 0 Å². The molecule has 0 bridgehead atoms. The maximum Gasteiger partial charge on any atom is 0.151 e. The smallest absolute Gasteiger partial charge is 0.151 e. The molecule has 1 heterocycles. The van der Waals surface area contributed by atoms with Crippen LogP contribution in [0.3, 0.4) is 0 Å². The maximum absolute atomic E-state index is 10.6. The summed E-state index contributed by atoms with van der Waals surface area (Å²) < 4.78 is 0. The third-order valence-electron chi connectivity index (χ3n) is 2.42. The molecule has 1 aromatic rings. The van der Waals surface area contributed by atoms with E-state index in [0.717, 1.165) is 30.6 Å². The number of pyridine rings is 1. The van der Waals surface area contributed by atoms with Crippen molar-refractivity contribution in [1.29, 1.82) is 0 Å². The molecule has 0 radical (unpaired) electrons. The second-order valence-electron chi connectivity index (χ2n) is 3.80. The molecule has 1 aromatic heterocycles. The highest BCUT2D eigenvalue weighted by atomic mass is 16.1. The Morgan fingerprint density at radius 3 is 2.80 bits per heavy atom. The van der Waals surface area contributed by atoms with Gasteiger partial charge < -0.3 is 4.90 Å². The number of unbranched alkanes of at least 4 members (excludes halogenated alkanes) is 1. The van der Waals surface area contributed by atoms with Gasteiger partial charge in [0, 0.05) is 25.4 Å². The summed E-state index contributed by atoms with van der Waals surface area (Å²) in [5.74, 6) is 0.967. The van der Waals surface area contributed by atoms with Crippen LogP contribution < -0.4 is 4.90 Å². The summed E-state index contributed by atoms with van der Waals surface area (Å²) in [7, 11) is 2.03. The summed E-state index contributed by atoms with van der Waals surface area (Å²) in [5.41, 5.74) is 1.69. The second-order valence-corrected chi connectivity index (χ2v) is 3.80. The van der Waals surface area contributed by atoms with Crippen molar-refractivity contribution in [3.63, 3.8) is 0 Å². The quantitative estimate of drug-likeness (QED) is 0.694. The van der Waals surface area contributed by atoms with Gasteiger partial charge >= 0.3 is 0 Å². The fourth-order valence-electron chi connectivity index (χ4n) is 1.55. The van der Waals surface area contributed by atoms with Crippen molar-refractivity contribution in [2.24, 2.45) is 0 Å². The highest BCUT2D eigenvalue weighted by Gasteiger charge is 2.06. The number of nitrogens with zero attached hydrogens (tertiary/aromatic N) is 2. The minimum atomic E-state index is 0.639. The fraction of sp³-hybridized carbons (Fsp3) is 0.500. The van der Waals surface area contributed by atoms with Gasteiger partial charge in [0.2, 0.25) is 0 Å². The van der Waals surface area contributed by atoms with E-state index >= 15 is 0 Å². The van der Waals surface area contributed by atoms with Crippen LogP contribution in [0, 0.1) is 6.92 Å². The lowest BCUT2D eigenvalue weighted by Crippen LogP contribution is -2.20. The van der Waals surface area contributed by atoms with Gasteiger partial charge in [-0.25, -0.2) is 4.98 Å². The molecule has 0 amide bonds. The number of hydrogen-bond acceptors (Lipinski definition) is 3. The Balaban J connectivity index is 2.80. The van der Waals surface area contributed by atoms with Crippen LogP contribution in [-0.2, 0) is 0 Å². The van der Waals surface area contributed by atoms with E-state index < -0.39 is 0 Å². The van der Waals surface area contributed by atoms with E-state index in [1.165, 1.54) is 6.42 Å². The molecule has 15 heavy (non-hydrogen) atoms. The lowest BCUT2D eigenvalue weighted by Gasteiger charge is -2.19. The van der Waals surface area contributed by atoms with Crippen LogP contribution in [0.15, 0.2) is 12.3 Å². The first-order valence-corrected chi connectivity index (χ1v) is 5.32. The summed E-state index contributed by atoms with van der Waals surface area (Å²) in [6.45, 7) is 5.16. The summed E-state index contributed by atoms with van der Waals surface area (Å²) in [6.07, 6.45) is 4.79. The lowest BCUT2D eigenvalue weighted by atomic mass is 10.2. The lowest BCUT2D eigenvalue weighted by molar-refractivity contribution is 0.112. The molecule has 0 aliphatic heterocycles. The number of anilines is 1. The van der Waals surface area contributed by atoms with E-state index in [9.17, 15) is 4.79 Å². The molecule has 82 valence electrons. The summed E-state index contributed by atoms with van der Waals surface area (Å²) in [5, 5.41) is 0. The van der Waals surface area contributed by atoms with Gasteiger partial charge in [0.1, 0.15) is 5.82 Å². The van der Waals surface area contributed by atoms with Crippen molar-refractivity contribution in [3.8, 4) is 0 Å². The molecule has 3 nitrogen and oxygen atoms in total. The normalized spacial score (nSPS) is 10.1. The SMILES string of the molecule is CCCCN(C)c1ncc(C=O)cc1C. The van der Waals surface area contributed by atoms with Gasteiger partial charge in [-0.15, -0.1) is 0 Å². The first-order chi connectivity index (χ1) is 7.19. The predicted molar refractivity (Wildman–Crippen MR) is 62.5 cm³/mol. The van der Waals surface area contributed by atoms with Gasteiger partial charge in [-0.3, -0.25) is 4.79 Å². The number of aldehydes is 1. The van der Waals surface area contributed by atoms with Crippen molar-refractivity contribution in [2.75, 3.05) is 18.5 Å². The van der Waals surface area contributed by atoms with E-state index in [4.69, 9.17) is 0 Å². The first-order valence-electron chi connectivity index (χ1n) is 5.32. The number of aryl methyl sites for hydroxylation is 1. The summed E-state index contributed by atoms with van der Waals surface area (Å²) in [4.78, 5) is 17.0. The van der Waals surface area contributed by atoms with E-state index in [1.54, 1.807) is 6.20 Å². The van der Waals surface area contributed by atoms with Gasteiger partial charge in [0.15, 0.2) is 6.29 Å². The largest absolute Gasteiger partial charge is 0.359 e. The van der Waals surface area contributed by atoms with E-state index in [-0.39, 0.29) is 0 Å². The first kappa shape index (κ1) is 11.7. The summed E-state index contributed by atoms with van der Waals surface area (Å²) in [6, 6.07) is 1.87. The van der Waals surface area contributed by atoms with Crippen molar-refractivity contribution in [1.82, 2.24) is 4.98 Å². The maximum atomic E-state index is 10.6. The molecule has 0 saturated carbocycles. The van der Waals surface area contributed by atoms with Gasteiger partial charge in [-0.2, -0.15) is 0 Å². The second kappa shape index (κ2) is 5.49. The van der Waals surface area contributed by atoms with Crippen LogP contribution in [0.4, 0.5) is 5.82 Å². The average Bonchev–Trinajstić information content (AvgIpc) is 2.25. The van der Waals surface area contributed by atoms with Crippen LogP contribution in [0.1, 0.15) is 35.7 Å². The van der Waals surface area contributed by atoms with Crippen molar-refractivity contribution in [2.45, 2.75) is 26.7 Å². The molecule has 3 heteroatoms. The van der Waals surface area contributed by atoms with Gasteiger partial charge in [0.25, 0.3) is 0 Å². The minimum Gasteiger partial charge on any atom is -0.359 e. The van der Waals surface area contributed by atoms with Gasteiger partial charge in [-0.1, -0.05) is 13.3 Å². The third kappa shape index (κ3) is 3.05. The van der Waals surface area contributed by atoms with Crippen molar-refractivity contribution < 1.29 is 4.79 Å². The van der Waals surface area contributed by atoms with Crippen LogP contribution in [0.2, 0.25) is 0 Å². The zero-order valence-electron chi connectivity index (χ0n) is 9.66. The fourth-order valence-corrected chi connectivity index (χ4v) is 1.55. The molecule has 1 rings (SSSR count).